The van der Waals surface area contributed by atoms with Crippen molar-refractivity contribution in [1.82, 2.24) is 5.32 Å². The second kappa shape index (κ2) is 5.97. The van der Waals surface area contributed by atoms with Crippen LogP contribution in [0.2, 0.25) is 0 Å². The molecule has 6 nitrogen and oxygen atoms in total. The van der Waals surface area contributed by atoms with Gasteiger partial charge in [-0.15, -0.1) is 0 Å². The van der Waals surface area contributed by atoms with Gasteiger partial charge in [0.15, 0.2) is 6.04 Å². The van der Waals surface area contributed by atoms with Gasteiger partial charge in [0.05, 0.1) is 12.8 Å². The quantitative estimate of drug-likeness (QED) is 0.665. The van der Waals surface area contributed by atoms with Crippen molar-refractivity contribution in [3.63, 3.8) is 0 Å². The van der Waals surface area contributed by atoms with Crippen molar-refractivity contribution in [2.45, 2.75) is 6.04 Å². The first-order valence-corrected chi connectivity index (χ1v) is 5.04. The predicted octanol–water partition coefficient (Wildman–Crippen LogP) is 0.445. The molecule has 0 aliphatic heterocycles. The van der Waals surface area contributed by atoms with Gasteiger partial charge in [-0.2, -0.15) is 0 Å². The van der Waals surface area contributed by atoms with Crippen molar-refractivity contribution in [2.24, 2.45) is 0 Å². The number of anilines is 1. The topological polar surface area (TPSA) is 87.7 Å². The van der Waals surface area contributed by atoms with Crippen LogP contribution in [0.3, 0.4) is 0 Å². The smallest absolute Gasteiger partial charge is 0.330 e. The zero-order valence-electron chi connectivity index (χ0n) is 9.86. The minimum atomic E-state index is -1.42. The summed E-state index contributed by atoms with van der Waals surface area (Å²) in [6.45, 7) is 0. The van der Waals surface area contributed by atoms with Gasteiger partial charge in [0.25, 0.3) is 5.91 Å². The second-order valence-corrected chi connectivity index (χ2v) is 3.39. The van der Waals surface area contributed by atoms with Crippen LogP contribution in [0.4, 0.5) is 10.1 Å². The summed E-state index contributed by atoms with van der Waals surface area (Å²) in [5.74, 6) is -2.47. The number of amides is 1. The van der Waals surface area contributed by atoms with E-state index < -0.39 is 23.7 Å². The summed E-state index contributed by atoms with van der Waals surface area (Å²) < 4.78 is 18.0. The monoisotopic (exact) mass is 256 g/mol. The van der Waals surface area contributed by atoms with Gasteiger partial charge < -0.3 is 15.2 Å². The Labute approximate surface area is 103 Å². The lowest BCUT2D eigenvalue weighted by molar-refractivity contribution is -0.142. The van der Waals surface area contributed by atoms with Crippen LogP contribution in [-0.4, -0.2) is 37.2 Å². The Morgan fingerprint density at radius 1 is 1.44 bits per heavy atom. The van der Waals surface area contributed by atoms with Crippen LogP contribution < -0.4 is 15.4 Å². The van der Waals surface area contributed by atoms with E-state index >= 15 is 0 Å². The van der Waals surface area contributed by atoms with Crippen LogP contribution in [0.1, 0.15) is 0 Å². The van der Waals surface area contributed by atoms with E-state index in [1.807, 2.05) is 0 Å². The van der Waals surface area contributed by atoms with E-state index in [1.54, 1.807) is 0 Å². The Morgan fingerprint density at radius 2 is 2.11 bits per heavy atom. The molecule has 1 rings (SSSR count). The maximum Gasteiger partial charge on any atom is 0.330 e. The summed E-state index contributed by atoms with van der Waals surface area (Å²) in [6, 6.07) is 2.13. The summed E-state index contributed by atoms with van der Waals surface area (Å²) in [6.07, 6.45) is 0. The van der Waals surface area contributed by atoms with Gasteiger partial charge in [-0.1, -0.05) is 0 Å². The fourth-order valence-electron chi connectivity index (χ4n) is 1.35. The number of carbonyl (C=O) groups excluding carboxylic acids is 1. The molecule has 98 valence electrons. The van der Waals surface area contributed by atoms with Crippen LogP contribution in [0.15, 0.2) is 18.2 Å². The molecular weight excluding hydrogens is 243 g/mol. The Morgan fingerprint density at radius 3 is 2.61 bits per heavy atom. The number of hydrogen-bond donors (Lipinski definition) is 3. The molecule has 3 N–H and O–H groups in total. The predicted molar refractivity (Wildman–Crippen MR) is 62.1 cm³/mol. The highest BCUT2D eigenvalue weighted by molar-refractivity contribution is 6.08. The number of ether oxygens (including phenoxy) is 1. The van der Waals surface area contributed by atoms with Crippen molar-refractivity contribution in [1.29, 1.82) is 0 Å². The first kappa shape index (κ1) is 13.9. The largest absolute Gasteiger partial charge is 0.495 e. The van der Waals surface area contributed by atoms with Gasteiger partial charge in [0.2, 0.25) is 0 Å². The van der Waals surface area contributed by atoms with Gasteiger partial charge in [-0.25, -0.2) is 9.18 Å². The van der Waals surface area contributed by atoms with Crippen LogP contribution in [-0.2, 0) is 9.59 Å². The van der Waals surface area contributed by atoms with Crippen molar-refractivity contribution in [2.75, 3.05) is 19.5 Å². The maximum atomic E-state index is 13.0. The number of carbonyl (C=O) groups is 2. The maximum absolute atomic E-state index is 13.0. The van der Waals surface area contributed by atoms with E-state index in [4.69, 9.17) is 9.84 Å². The highest BCUT2D eigenvalue weighted by Gasteiger charge is 2.25. The fraction of sp³-hybridized carbons (Fsp3) is 0.273. The molecule has 0 heterocycles. The number of carboxylic acid groups (broad SMARTS) is 1. The molecule has 1 atom stereocenters. The SMILES string of the molecule is CNC(C(=O)O)C(=O)Nc1cc(F)ccc1OC. The van der Waals surface area contributed by atoms with Gasteiger partial charge in [-0.05, 0) is 19.2 Å². The molecule has 0 spiro atoms. The summed E-state index contributed by atoms with van der Waals surface area (Å²) in [7, 11) is 2.69. The molecule has 0 aliphatic carbocycles. The third kappa shape index (κ3) is 3.17. The van der Waals surface area contributed by atoms with E-state index in [-0.39, 0.29) is 11.4 Å². The summed E-state index contributed by atoms with van der Waals surface area (Å²) >= 11 is 0. The average Bonchev–Trinajstić information content (AvgIpc) is 2.29. The van der Waals surface area contributed by atoms with Gasteiger partial charge in [-0.3, -0.25) is 10.1 Å². The van der Waals surface area contributed by atoms with E-state index in [2.05, 4.69) is 10.6 Å². The average molecular weight is 256 g/mol. The normalized spacial score (nSPS) is 11.7. The molecule has 0 bridgehead atoms. The first-order chi connectivity index (χ1) is 8.49. The number of aliphatic carboxylic acids is 1. The van der Waals surface area contributed by atoms with Gasteiger partial charge >= 0.3 is 5.97 Å². The number of methoxy groups -OCH3 is 1. The molecule has 7 heteroatoms. The third-order valence-electron chi connectivity index (χ3n) is 2.22. The molecular formula is C11H13FN2O4. The number of rotatable bonds is 5. The van der Waals surface area contributed by atoms with Crippen molar-refractivity contribution >= 4 is 17.6 Å². The number of benzene rings is 1. The fourth-order valence-corrected chi connectivity index (χ4v) is 1.35. The molecule has 1 aromatic rings. The zero-order valence-corrected chi connectivity index (χ0v) is 9.86. The highest BCUT2D eigenvalue weighted by atomic mass is 19.1. The number of halogens is 1. The minimum Gasteiger partial charge on any atom is -0.495 e. The van der Waals surface area contributed by atoms with E-state index in [1.165, 1.54) is 26.3 Å². The van der Waals surface area contributed by atoms with Gasteiger partial charge in [0, 0.05) is 6.07 Å². The van der Waals surface area contributed by atoms with Crippen molar-refractivity contribution < 1.29 is 23.8 Å². The molecule has 1 unspecified atom stereocenters. The zero-order chi connectivity index (χ0) is 13.7. The van der Waals surface area contributed by atoms with Crippen LogP contribution >= 0.6 is 0 Å². The molecule has 0 radical (unpaired) electrons. The Kier molecular flexibility index (Phi) is 4.61. The minimum absolute atomic E-state index is 0.0731. The molecule has 1 aromatic carbocycles. The van der Waals surface area contributed by atoms with E-state index in [0.717, 1.165) is 6.07 Å². The second-order valence-electron chi connectivity index (χ2n) is 3.39. The highest BCUT2D eigenvalue weighted by Crippen LogP contribution is 2.24. The van der Waals surface area contributed by atoms with Crippen molar-refractivity contribution in [3.05, 3.63) is 24.0 Å². The van der Waals surface area contributed by atoms with Crippen LogP contribution in [0, 0.1) is 5.82 Å². The first-order valence-electron chi connectivity index (χ1n) is 5.04. The summed E-state index contributed by atoms with van der Waals surface area (Å²) in [4.78, 5) is 22.4. The van der Waals surface area contributed by atoms with Crippen LogP contribution in [0.5, 0.6) is 5.75 Å². The lowest BCUT2D eigenvalue weighted by Gasteiger charge is -2.14. The Balaban J connectivity index is 2.93. The third-order valence-corrected chi connectivity index (χ3v) is 2.22. The Bertz CT molecular complexity index is 464. The lowest BCUT2D eigenvalue weighted by atomic mass is 10.2. The number of likely N-dealkylation sites (N-methyl/N-ethyl adjacent to an activating group) is 1. The molecule has 0 aliphatic rings. The molecule has 18 heavy (non-hydrogen) atoms. The number of nitrogens with one attached hydrogen (secondary N) is 2. The lowest BCUT2D eigenvalue weighted by Crippen LogP contribution is -2.44. The van der Waals surface area contributed by atoms with Crippen molar-refractivity contribution in [3.8, 4) is 5.75 Å². The number of carboxylic acids is 1. The van der Waals surface area contributed by atoms with Gasteiger partial charge in [0.1, 0.15) is 11.6 Å². The van der Waals surface area contributed by atoms with E-state index in [9.17, 15) is 14.0 Å². The molecule has 1 amide bonds. The molecule has 0 aromatic heterocycles. The van der Waals surface area contributed by atoms with E-state index in [0.29, 0.717) is 0 Å². The molecule has 0 fully saturated rings. The molecule has 0 saturated carbocycles. The standard InChI is InChI=1S/C11H13FN2O4/c1-13-9(11(16)17)10(15)14-7-5-6(12)3-4-8(7)18-2/h3-5,9,13H,1-2H3,(H,14,15)(H,16,17). The number of hydrogen-bond acceptors (Lipinski definition) is 4. The summed E-state index contributed by atoms with van der Waals surface area (Å²) in [5, 5.41) is 13.4. The van der Waals surface area contributed by atoms with Crippen LogP contribution in [0.25, 0.3) is 0 Å². The summed E-state index contributed by atoms with van der Waals surface area (Å²) in [5.41, 5.74) is 0.0731. The molecule has 0 saturated heterocycles. The Hall–Kier alpha value is -2.15.